The minimum Gasteiger partial charge on any atom is -0.409 e. The maximum absolute atomic E-state index is 14.2. The van der Waals surface area contributed by atoms with Gasteiger partial charge in [-0.2, -0.15) is 11.8 Å². The van der Waals surface area contributed by atoms with Crippen molar-refractivity contribution in [3.05, 3.63) is 29.3 Å². The van der Waals surface area contributed by atoms with E-state index in [2.05, 4.69) is 5.16 Å². The molecule has 7 heteroatoms. The van der Waals surface area contributed by atoms with Crippen LogP contribution in [0.3, 0.4) is 0 Å². The molecule has 4 nitrogen and oxygen atoms in total. The minimum atomic E-state index is -0.696. The zero-order valence-corrected chi connectivity index (χ0v) is 12.1. The monoisotopic (exact) mass is 301 g/mol. The van der Waals surface area contributed by atoms with E-state index >= 15 is 0 Å². The van der Waals surface area contributed by atoms with Gasteiger partial charge < -0.3 is 15.8 Å². The Morgan fingerprint density at radius 3 is 2.25 bits per heavy atom. The van der Waals surface area contributed by atoms with Gasteiger partial charge in [0.2, 0.25) is 0 Å². The lowest BCUT2D eigenvalue weighted by molar-refractivity contribution is 0.318. The van der Waals surface area contributed by atoms with Gasteiger partial charge in [-0.05, 0) is 12.1 Å². The number of hydrogen-bond donors (Lipinski definition) is 2. The second kappa shape index (κ2) is 5.87. The fourth-order valence-electron chi connectivity index (χ4n) is 2.43. The largest absolute Gasteiger partial charge is 0.409 e. The molecule has 3 N–H and O–H groups in total. The fourth-order valence-corrected chi connectivity index (χ4v) is 3.76. The number of rotatable bonds is 2. The molecule has 0 spiro atoms. The molecule has 1 aliphatic rings. The van der Waals surface area contributed by atoms with Crippen molar-refractivity contribution in [3.63, 3.8) is 0 Å². The normalized spacial score (nSPS) is 24.0. The second-order valence-corrected chi connectivity index (χ2v) is 6.82. The van der Waals surface area contributed by atoms with Crippen molar-refractivity contribution in [1.29, 1.82) is 0 Å². The molecule has 0 amide bonds. The van der Waals surface area contributed by atoms with E-state index in [4.69, 9.17) is 10.9 Å². The molecular weight excluding hydrogens is 284 g/mol. The van der Waals surface area contributed by atoms with Crippen LogP contribution in [0.5, 0.6) is 0 Å². The zero-order chi connectivity index (χ0) is 14.9. The maximum Gasteiger partial charge on any atom is 0.170 e. The summed E-state index contributed by atoms with van der Waals surface area (Å²) >= 11 is 1.80. The number of nitrogens with zero attached hydrogens (tertiary/aromatic N) is 2. The molecule has 0 saturated carbocycles. The van der Waals surface area contributed by atoms with Crippen molar-refractivity contribution in [3.8, 4) is 0 Å². The Kier molecular flexibility index (Phi) is 4.37. The van der Waals surface area contributed by atoms with Crippen LogP contribution in [0.25, 0.3) is 0 Å². The lowest BCUT2D eigenvalue weighted by atomic mass is 10.1. The third-order valence-corrected chi connectivity index (χ3v) is 4.38. The van der Waals surface area contributed by atoms with Gasteiger partial charge in [-0.3, -0.25) is 0 Å². The summed E-state index contributed by atoms with van der Waals surface area (Å²) < 4.78 is 28.3. The van der Waals surface area contributed by atoms with Crippen molar-refractivity contribution in [2.75, 3.05) is 18.0 Å². The van der Waals surface area contributed by atoms with Crippen LogP contribution in [0.2, 0.25) is 0 Å². The predicted octanol–water partition coefficient (Wildman–Crippen LogP) is 2.39. The van der Waals surface area contributed by atoms with Gasteiger partial charge in [-0.15, -0.1) is 0 Å². The number of benzene rings is 1. The Morgan fingerprint density at radius 2 is 1.80 bits per heavy atom. The first-order valence-corrected chi connectivity index (χ1v) is 7.24. The molecule has 2 rings (SSSR count). The van der Waals surface area contributed by atoms with Gasteiger partial charge in [-0.25, -0.2) is 8.78 Å². The summed E-state index contributed by atoms with van der Waals surface area (Å²) in [5, 5.41) is 11.9. The van der Waals surface area contributed by atoms with Crippen LogP contribution in [-0.4, -0.2) is 34.6 Å². The highest BCUT2D eigenvalue weighted by Crippen LogP contribution is 2.32. The third kappa shape index (κ3) is 2.98. The number of nitrogens with two attached hydrogens (primary N) is 1. The topological polar surface area (TPSA) is 61.8 Å². The molecule has 2 atom stereocenters. The first kappa shape index (κ1) is 14.9. The van der Waals surface area contributed by atoms with E-state index in [1.54, 1.807) is 16.7 Å². The molecule has 1 saturated heterocycles. The molecule has 1 fully saturated rings. The Hall–Kier alpha value is -1.50. The molecule has 0 bridgehead atoms. The van der Waals surface area contributed by atoms with Crippen LogP contribution < -0.4 is 10.6 Å². The summed E-state index contributed by atoms with van der Waals surface area (Å²) in [6.07, 6.45) is 0. The maximum atomic E-state index is 14.2. The average Bonchev–Trinajstić information content (AvgIpc) is 2.35. The summed E-state index contributed by atoms with van der Waals surface area (Å²) in [6.45, 7) is 5.25. The van der Waals surface area contributed by atoms with Gasteiger partial charge >= 0.3 is 0 Å². The fraction of sp³-hybridized carbons (Fsp3) is 0.462. The Morgan fingerprint density at radius 1 is 1.30 bits per heavy atom. The smallest absolute Gasteiger partial charge is 0.170 e. The van der Waals surface area contributed by atoms with Gasteiger partial charge in [0.1, 0.15) is 17.3 Å². The second-order valence-electron chi connectivity index (χ2n) is 4.94. The van der Waals surface area contributed by atoms with Crippen LogP contribution in [0, 0.1) is 11.6 Å². The Balaban J connectivity index is 2.37. The molecule has 110 valence electrons. The summed E-state index contributed by atoms with van der Waals surface area (Å²) in [7, 11) is 0. The number of anilines is 1. The molecule has 20 heavy (non-hydrogen) atoms. The van der Waals surface area contributed by atoms with E-state index in [0.717, 1.165) is 12.1 Å². The highest BCUT2D eigenvalue weighted by Gasteiger charge is 2.27. The molecule has 0 aliphatic carbocycles. The molecule has 1 aliphatic heterocycles. The highest BCUT2D eigenvalue weighted by atomic mass is 32.2. The van der Waals surface area contributed by atoms with Crippen LogP contribution in [0.1, 0.15) is 19.4 Å². The Labute approximate surface area is 120 Å². The van der Waals surface area contributed by atoms with Crippen molar-refractivity contribution in [2.45, 2.75) is 24.3 Å². The average molecular weight is 301 g/mol. The van der Waals surface area contributed by atoms with Gasteiger partial charge in [0.05, 0.1) is 0 Å². The van der Waals surface area contributed by atoms with Gasteiger partial charge in [0.15, 0.2) is 5.84 Å². The lowest BCUT2D eigenvalue weighted by Gasteiger charge is -2.36. The summed E-state index contributed by atoms with van der Waals surface area (Å²) in [6, 6.07) is 2.18. The van der Waals surface area contributed by atoms with Gasteiger partial charge in [0, 0.05) is 29.2 Å². The van der Waals surface area contributed by atoms with Crippen LogP contribution in [0.4, 0.5) is 14.5 Å². The van der Waals surface area contributed by atoms with Crippen LogP contribution >= 0.6 is 11.8 Å². The number of hydrogen-bond acceptors (Lipinski definition) is 4. The van der Waals surface area contributed by atoms with Crippen molar-refractivity contribution >= 4 is 23.3 Å². The molecule has 1 aromatic carbocycles. The highest BCUT2D eigenvalue weighted by molar-refractivity contribution is 8.00. The number of oxime groups is 1. The standard InChI is InChI=1S/C13H17F2N3OS/c1-7-5-18(6-8(2)20-7)12-10(14)3-9(4-11(12)15)13(16)17-19/h3-4,7-8,19H,5-6H2,1-2H3,(H2,16,17). The van der Waals surface area contributed by atoms with Crippen molar-refractivity contribution < 1.29 is 14.0 Å². The number of amidine groups is 1. The van der Waals surface area contributed by atoms with E-state index in [0.29, 0.717) is 23.6 Å². The third-order valence-electron chi connectivity index (χ3n) is 3.16. The molecule has 0 aromatic heterocycles. The van der Waals surface area contributed by atoms with E-state index in [9.17, 15) is 8.78 Å². The van der Waals surface area contributed by atoms with Crippen molar-refractivity contribution in [1.82, 2.24) is 0 Å². The number of halogens is 2. The van der Waals surface area contributed by atoms with Gasteiger partial charge in [-0.1, -0.05) is 19.0 Å². The summed E-state index contributed by atoms with van der Waals surface area (Å²) in [5.41, 5.74) is 5.34. The molecule has 1 heterocycles. The van der Waals surface area contributed by atoms with Crippen molar-refractivity contribution in [2.24, 2.45) is 10.9 Å². The summed E-state index contributed by atoms with van der Waals surface area (Å²) in [5.74, 6) is -1.71. The quantitative estimate of drug-likeness (QED) is 0.381. The first-order valence-electron chi connectivity index (χ1n) is 6.29. The van der Waals surface area contributed by atoms with Crippen LogP contribution in [0.15, 0.2) is 17.3 Å². The Bertz CT molecular complexity index is 505. The molecule has 1 aromatic rings. The first-order chi connectivity index (χ1) is 9.42. The molecular formula is C13H17F2N3OS. The SMILES string of the molecule is CC1CN(c2c(F)cc(C(N)=NO)cc2F)CC(C)S1. The van der Waals surface area contributed by atoms with E-state index in [1.807, 2.05) is 13.8 Å². The van der Waals surface area contributed by atoms with E-state index < -0.39 is 11.6 Å². The van der Waals surface area contributed by atoms with E-state index in [-0.39, 0.29) is 17.1 Å². The zero-order valence-electron chi connectivity index (χ0n) is 11.3. The molecule has 0 radical (unpaired) electrons. The van der Waals surface area contributed by atoms with E-state index in [1.165, 1.54) is 0 Å². The molecule has 2 unspecified atom stereocenters. The van der Waals surface area contributed by atoms with Crippen LogP contribution in [-0.2, 0) is 0 Å². The summed E-state index contributed by atoms with van der Waals surface area (Å²) in [4.78, 5) is 1.71. The van der Waals surface area contributed by atoms with Gasteiger partial charge in [0.25, 0.3) is 0 Å². The predicted molar refractivity (Wildman–Crippen MR) is 77.6 cm³/mol. The minimum absolute atomic E-state index is 0.0266. The lowest BCUT2D eigenvalue weighted by Crippen LogP contribution is -2.41. The number of thioether (sulfide) groups is 1.